The van der Waals surface area contributed by atoms with Gasteiger partial charge < -0.3 is 9.47 Å². The summed E-state index contributed by atoms with van der Waals surface area (Å²) in [5.74, 6) is 0.0712. The topological polar surface area (TPSA) is 78.1 Å². The monoisotopic (exact) mass is 466 g/mol. The van der Waals surface area contributed by atoms with E-state index in [-0.39, 0.29) is 13.2 Å². The fourth-order valence-corrected chi connectivity index (χ4v) is 6.07. The minimum Gasteiger partial charge on any atom is -0.371 e. The van der Waals surface area contributed by atoms with Crippen LogP contribution in [0.4, 0.5) is 5.69 Å². The number of hydrogen-bond acceptors (Lipinski definition) is 4. The molecule has 0 radical (unpaired) electrons. The Morgan fingerprint density at radius 2 is 1.97 bits per heavy atom. The SMILES string of the molecule is CCS(=O)(=O)NC1C=CC(c2c(C#N)c3ccc(N4CCCCC4)cc3n2C2CCC2)=CC1.[HH]. The van der Waals surface area contributed by atoms with Crippen molar-refractivity contribution in [3.05, 3.63) is 47.7 Å². The van der Waals surface area contributed by atoms with Crippen molar-refractivity contribution in [2.75, 3.05) is 23.7 Å². The van der Waals surface area contributed by atoms with E-state index in [1.165, 1.54) is 31.4 Å². The molecule has 1 saturated carbocycles. The van der Waals surface area contributed by atoms with Crippen LogP contribution in [-0.2, 0) is 10.0 Å². The summed E-state index contributed by atoms with van der Waals surface area (Å²) < 4.78 is 29.1. The Morgan fingerprint density at radius 1 is 1.18 bits per heavy atom. The number of hydrogen-bond donors (Lipinski definition) is 1. The van der Waals surface area contributed by atoms with Crippen LogP contribution >= 0.6 is 0 Å². The van der Waals surface area contributed by atoms with E-state index in [0.717, 1.165) is 53.7 Å². The van der Waals surface area contributed by atoms with E-state index < -0.39 is 10.0 Å². The molecule has 3 aliphatic rings. The van der Waals surface area contributed by atoms with Gasteiger partial charge in [-0.3, -0.25) is 0 Å². The first-order valence-electron chi connectivity index (χ1n) is 12.2. The molecule has 0 bridgehead atoms. The number of benzene rings is 1. The van der Waals surface area contributed by atoms with Gasteiger partial charge in [0.1, 0.15) is 6.07 Å². The molecule has 7 heteroatoms. The van der Waals surface area contributed by atoms with Crippen molar-refractivity contribution in [2.45, 2.75) is 64.0 Å². The van der Waals surface area contributed by atoms with E-state index >= 15 is 0 Å². The summed E-state index contributed by atoms with van der Waals surface area (Å²) in [5.41, 5.74) is 5.13. The zero-order valence-corrected chi connectivity index (χ0v) is 20.1. The average Bonchev–Trinajstić information content (AvgIpc) is 3.12. The lowest BCUT2D eigenvalue weighted by atomic mass is 9.91. The van der Waals surface area contributed by atoms with Gasteiger partial charge in [0.15, 0.2) is 0 Å². The number of sulfonamides is 1. The highest BCUT2D eigenvalue weighted by atomic mass is 32.2. The fraction of sp³-hybridized carbons (Fsp3) is 0.500. The van der Waals surface area contributed by atoms with Gasteiger partial charge in [-0.25, -0.2) is 13.1 Å². The highest BCUT2D eigenvalue weighted by Crippen LogP contribution is 2.42. The quantitative estimate of drug-likeness (QED) is 0.640. The molecular formula is C26H34N4O2S. The summed E-state index contributed by atoms with van der Waals surface area (Å²) in [5, 5.41) is 11.2. The van der Waals surface area contributed by atoms with Gasteiger partial charge in [0.05, 0.1) is 22.5 Å². The van der Waals surface area contributed by atoms with Gasteiger partial charge in [-0.15, -0.1) is 0 Å². The van der Waals surface area contributed by atoms with Crippen molar-refractivity contribution < 1.29 is 9.84 Å². The van der Waals surface area contributed by atoms with Crippen LogP contribution in [0.3, 0.4) is 0 Å². The maximum Gasteiger partial charge on any atom is 0.211 e. The molecule has 0 amide bonds. The van der Waals surface area contributed by atoms with Gasteiger partial charge in [0.25, 0.3) is 0 Å². The highest BCUT2D eigenvalue weighted by Gasteiger charge is 2.29. The van der Waals surface area contributed by atoms with Crippen LogP contribution in [0, 0.1) is 11.3 Å². The second-order valence-electron chi connectivity index (χ2n) is 9.42. The molecule has 6 nitrogen and oxygen atoms in total. The van der Waals surface area contributed by atoms with Crippen LogP contribution in [0.25, 0.3) is 16.5 Å². The molecule has 1 unspecified atom stereocenters. The second-order valence-corrected chi connectivity index (χ2v) is 11.5. The molecule has 1 aromatic heterocycles. The number of aromatic nitrogens is 1. The fourth-order valence-electron chi connectivity index (χ4n) is 5.27. The Hall–Kier alpha value is -2.56. The average molecular weight is 467 g/mol. The van der Waals surface area contributed by atoms with E-state index in [1.807, 2.05) is 12.2 Å². The summed E-state index contributed by atoms with van der Waals surface area (Å²) in [7, 11) is -3.26. The molecule has 2 aliphatic carbocycles. The third-order valence-electron chi connectivity index (χ3n) is 7.34. The third-order valence-corrected chi connectivity index (χ3v) is 8.77. The molecule has 2 fully saturated rings. The Labute approximate surface area is 198 Å². The number of anilines is 1. The molecule has 1 saturated heterocycles. The van der Waals surface area contributed by atoms with Crippen molar-refractivity contribution in [3.63, 3.8) is 0 Å². The highest BCUT2D eigenvalue weighted by molar-refractivity contribution is 7.89. The lowest BCUT2D eigenvalue weighted by Crippen LogP contribution is -2.34. The summed E-state index contributed by atoms with van der Waals surface area (Å²) >= 11 is 0. The van der Waals surface area contributed by atoms with Gasteiger partial charge in [0, 0.05) is 37.7 Å². The Balaban J connectivity index is 0.00000274. The van der Waals surface area contributed by atoms with Crippen LogP contribution < -0.4 is 9.62 Å². The minimum atomic E-state index is -3.26. The third kappa shape index (κ3) is 4.22. The first kappa shape index (κ1) is 22.2. The van der Waals surface area contributed by atoms with E-state index in [4.69, 9.17) is 0 Å². The molecule has 33 heavy (non-hydrogen) atoms. The molecule has 2 heterocycles. The van der Waals surface area contributed by atoms with E-state index in [1.54, 1.807) is 6.92 Å². The van der Waals surface area contributed by atoms with Crippen molar-refractivity contribution in [1.82, 2.24) is 9.29 Å². The molecule has 1 aliphatic heterocycles. The van der Waals surface area contributed by atoms with Crippen molar-refractivity contribution in [2.24, 2.45) is 0 Å². The molecular weight excluding hydrogens is 432 g/mol. The molecule has 1 N–H and O–H groups in total. The maximum atomic E-state index is 12.0. The maximum absolute atomic E-state index is 12.0. The zero-order valence-electron chi connectivity index (χ0n) is 19.3. The smallest absolute Gasteiger partial charge is 0.211 e. The molecule has 0 spiro atoms. The number of rotatable bonds is 6. The van der Waals surface area contributed by atoms with Crippen molar-refractivity contribution >= 4 is 32.2 Å². The van der Waals surface area contributed by atoms with Crippen LogP contribution in [0.15, 0.2) is 36.4 Å². The van der Waals surface area contributed by atoms with Gasteiger partial charge in [-0.1, -0.05) is 18.2 Å². The Kier molecular flexibility index (Phi) is 6.07. The molecule has 1 aromatic carbocycles. The number of nitriles is 1. The second kappa shape index (κ2) is 9.00. The zero-order chi connectivity index (χ0) is 23.0. The van der Waals surface area contributed by atoms with Crippen LogP contribution in [0.5, 0.6) is 0 Å². The molecule has 5 rings (SSSR count). The van der Waals surface area contributed by atoms with Crippen molar-refractivity contribution in [1.29, 1.82) is 5.26 Å². The van der Waals surface area contributed by atoms with Crippen LogP contribution in [-0.4, -0.2) is 37.9 Å². The summed E-state index contributed by atoms with van der Waals surface area (Å²) in [6, 6.07) is 9.25. The molecule has 2 aromatic rings. The van der Waals surface area contributed by atoms with Gasteiger partial charge in [0.2, 0.25) is 10.0 Å². The Morgan fingerprint density at radius 3 is 2.58 bits per heavy atom. The largest absolute Gasteiger partial charge is 0.371 e. The molecule has 1 atom stereocenters. The number of piperidine rings is 1. The number of nitrogens with zero attached hydrogens (tertiary/aromatic N) is 3. The summed E-state index contributed by atoms with van der Waals surface area (Å²) in [6.07, 6.45) is 13.8. The van der Waals surface area contributed by atoms with E-state index in [9.17, 15) is 13.7 Å². The Bertz CT molecular complexity index is 1260. The lowest BCUT2D eigenvalue weighted by Gasteiger charge is -2.32. The first-order chi connectivity index (χ1) is 16.0. The number of nitrogens with one attached hydrogen (secondary N) is 1. The van der Waals surface area contributed by atoms with Crippen LogP contribution in [0.1, 0.15) is 70.6 Å². The predicted octanol–water partition coefficient (Wildman–Crippen LogP) is 5.13. The van der Waals surface area contributed by atoms with Gasteiger partial charge in [-0.2, -0.15) is 5.26 Å². The first-order valence-corrected chi connectivity index (χ1v) is 13.9. The number of allylic oxidation sites excluding steroid dienone is 2. The number of fused-ring (bicyclic) bond motifs is 1. The molecule has 176 valence electrons. The van der Waals surface area contributed by atoms with E-state index in [2.05, 4.69) is 44.5 Å². The van der Waals surface area contributed by atoms with Gasteiger partial charge >= 0.3 is 0 Å². The predicted molar refractivity (Wildman–Crippen MR) is 136 cm³/mol. The van der Waals surface area contributed by atoms with E-state index in [0.29, 0.717) is 12.5 Å². The van der Waals surface area contributed by atoms with Crippen LogP contribution in [0.2, 0.25) is 0 Å². The minimum absolute atomic E-state index is 0. The van der Waals surface area contributed by atoms with Crippen molar-refractivity contribution in [3.8, 4) is 6.07 Å². The summed E-state index contributed by atoms with van der Waals surface area (Å²) in [6.45, 7) is 3.83. The lowest BCUT2D eigenvalue weighted by molar-refractivity contribution is 0.320. The standard InChI is InChI=1S/C26H32N4O2S.H2/c1-2-33(31,32)28-20-11-9-19(10-12-20)26-24(18-27)23-14-13-22(29-15-4-3-5-16-29)17-25(23)30(26)21-7-6-8-21;/h9-11,13-14,17,20-21,28H,2-8,12,15-16H2,1H3;1H. The summed E-state index contributed by atoms with van der Waals surface area (Å²) in [4.78, 5) is 2.47. The normalized spacial score (nSPS) is 21.6. The van der Waals surface area contributed by atoms with Gasteiger partial charge in [-0.05, 0) is 75.6 Å².